The molecule has 3 N–H and O–H groups in total. The summed E-state index contributed by atoms with van der Waals surface area (Å²) in [6.45, 7) is 6.97. The standard InChI is InChI=1S/C15H21N3O4S/c1-4-8-17-23(21,22)13-7-5-6-12(9-13)15(20)16-10-14(19)18-11(2)3/h4-7,9,11,17H,1,8,10H2,2-3H3,(H,16,20)(H,18,19). The van der Waals surface area contributed by atoms with Crippen LogP contribution in [0.2, 0.25) is 0 Å². The van der Waals surface area contributed by atoms with Crippen molar-refractivity contribution >= 4 is 21.8 Å². The molecule has 0 aliphatic heterocycles. The van der Waals surface area contributed by atoms with Crippen molar-refractivity contribution < 1.29 is 18.0 Å². The smallest absolute Gasteiger partial charge is 0.251 e. The minimum Gasteiger partial charge on any atom is -0.352 e. The van der Waals surface area contributed by atoms with E-state index in [0.29, 0.717) is 0 Å². The van der Waals surface area contributed by atoms with E-state index in [1.54, 1.807) is 0 Å². The number of hydrogen-bond donors (Lipinski definition) is 3. The van der Waals surface area contributed by atoms with Gasteiger partial charge < -0.3 is 10.6 Å². The first kappa shape index (κ1) is 18.9. The quantitative estimate of drug-likeness (QED) is 0.597. The van der Waals surface area contributed by atoms with E-state index in [4.69, 9.17) is 0 Å². The zero-order valence-electron chi connectivity index (χ0n) is 13.1. The van der Waals surface area contributed by atoms with Crippen molar-refractivity contribution in [1.82, 2.24) is 15.4 Å². The van der Waals surface area contributed by atoms with E-state index >= 15 is 0 Å². The molecule has 0 atom stereocenters. The van der Waals surface area contributed by atoms with Crippen LogP contribution in [0.25, 0.3) is 0 Å². The maximum Gasteiger partial charge on any atom is 0.251 e. The van der Waals surface area contributed by atoms with E-state index in [1.807, 2.05) is 13.8 Å². The van der Waals surface area contributed by atoms with Gasteiger partial charge in [0.15, 0.2) is 0 Å². The van der Waals surface area contributed by atoms with Gasteiger partial charge in [0.05, 0.1) is 11.4 Å². The molecule has 1 aromatic rings. The molecule has 126 valence electrons. The highest BCUT2D eigenvalue weighted by Gasteiger charge is 2.15. The van der Waals surface area contributed by atoms with Crippen molar-refractivity contribution in [2.45, 2.75) is 24.8 Å². The highest BCUT2D eigenvalue weighted by atomic mass is 32.2. The van der Waals surface area contributed by atoms with Crippen LogP contribution in [0.4, 0.5) is 0 Å². The molecule has 0 heterocycles. The normalized spacial score (nSPS) is 11.1. The van der Waals surface area contributed by atoms with E-state index in [0.717, 1.165) is 0 Å². The Morgan fingerprint density at radius 3 is 2.61 bits per heavy atom. The van der Waals surface area contributed by atoms with Crippen LogP contribution in [-0.4, -0.2) is 39.4 Å². The fraction of sp³-hybridized carbons (Fsp3) is 0.333. The Morgan fingerprint density at radius 1 is 1.30 bits per heavy atom. The molecule has 0 radical (unpaired) electrons. The van der Waals surface area contributed by atoms with Crippen LogP contribution in [0, 0.1) is 0 Å². The lowest BCUT2D eigenvalue weighted by Gasteiger charge is -2.10. The van der Waals surface area contributed by atoms with Crippen molar-refractivity contribution in [1.29, 1.82) is 0 Å². The van der Waals surface area contributed by atoms with Gasteiger partial charge in [-0.2, -0.15) is 0 Å². The minimum absolute atomic E-state index is 0.0243. The summed E-state index contributed by atoms with van der Waals surface area (Å²) >= 11 is 0. The lowest BCUT2D eigenvalue weighted by atomic mass is 10.2. The van der Waals surface area contributed by atoms with Crippen molar-refractivity contribution in [2.75, 3.05) is 13.1 Å². The van der Waals surface area contributed by atoms with Gasteiger partial charge in [0.1, 0.15) is 0 Å². The third-order valence-electron chi connectivity index (χ3n) is 2.68. The summed E-state index contributed by atoms with van der Waals surface area (Å²) in [6.07, 6.45) is 1.42. The summed E-state index contributed by atoms with van der Waals surface area (Å²) in [5, 5.41) is 5.08. The molecule has 23 heavy (non-hydrogen) atoms. The van der Waals surface area contributed by atoms with Crippen LogP contribution in [-0.2, 0) is 14.8 Å². The second-order valence-corrected chi connectivity index (χ2v) is 6.84. The molecule has 0 aliphatic carbocycles. The number of carbonyl (C=O) groups excluding carboxylic acids is 2. The fourth-order valence-corrected chi connectivity index (χ4v) is 2.74. The molecular weight excluding hydrogens is 318 g/mol. The molecule has 0 unspecified atom stereocenters. The second kappa shape index (κ2) is 8.44. The summed E-state index contributed by atoms with van der Waals surface area (Å²) < 4.78 is 26.3. The zero-order chi connectivity index (χ0) is 17.5. The predicted octanol–water partition coefficient (Wildman–Crippen LogP) is 0.405. The van der Waals surface area contributed by atoms with Crippen LogP contribution in [0.5, 0.6) is 0 Å². The monoisotopic (exact) mass is 339 g/mol. The van der Waals surface area contributed by atoms with Crippen molar-refractivity contribution in [2.24, 2.45) is 0 Å². The number of benzene rings is 1. The van der Waals surface area contributed by atoms with Crippen molar-refractivity contribution in [3.05, 3.63) is 42.5 Å². The lowest BCUT2D eigenvalue weighted by molar-refractivity contribution is -0.120. The molecule has 0 saturated carbocycles. The van der Waals surface area contributed by atoms with Crippen LogP contribution in [0.1, 0.15) is 24.2 Å². The molecule has 0 spiro atoms. The van der Waals surface area contributed by atoms with E-state index < -0.39 is 15.9 Å². The molecule has 1 rings (SSSR count). The Bertz CT molecular complexity index is 684. The summed E-state index contributed by atoms with van der Waals surface area (Å²) in [7, 11) is -3.71. The number of sulfonamides is 1. The highest BCUT2D eigenvalue weighted by molar-refractivity contribution is 7.89. The third-order valence-corrected chi connectivity index (χ3v) is 4.10. The summed E-state index contributed by atoms with van der Waals surface area (Å²) in [5.74, 6) is -0.838. The number of amides is 2. The molecule has 1 aromatic carbocycles. The van der Waals surface area contributed by atoms with E-state index in [1.165, 1.54) is 30.3 Å². The predicted molar refractivity (Wildman–Crippen MR) is 87.4 cm³/mol. The second-order valence-electron chi connectivity index (χ2n) is 5.07. The first-order valence-corrected chi connectivity index (χ1v) is 8.52. The maximum atomic E-state index is 12.0. The first-order chi connectivity index (χ1) is 10.8. The van der Waals surface area contributed by atoms with Crippen molar-refractivity contribution in [3.63, 3.8) is 0 Å². The Hall–Kier alpha value is -2.19. The van der Waals surface area contributed by atoms with Gasteiger partial charge in [-0.3, -0.25) is 9.59 Å². The fourth-order valence-electron chi connectivity index (χ4n) is 1.69. The van der Waals surface area contributed by atoms with Crippen LogP contribution < -0.4 is 15.4 Å². The molecule has 2 amide bonds. The number of carbonyl (C=O) groups is 2. The topological polar surface area (TPSA) is 104 Å². The van der Waals surface area contributed by atoms with Gasteiger partial charge in [-0.05, 0) is 32.0 Å². The van der Waals surface area contributed by atoms with E-state index in [-0.39, 0.29) is 35.5 Å². The van der Waals surface area contributed by atoms with Crippen LogP contribution >= 0.6 is 0 Å². The van der Waals surface area contributed by atoms with E-state index in [2.05, 4.69) is 21.9 Å². The van der Waals surface area contributed by atoms with Crippen LogP contribution in [0.15, 0.2) is 41.8 Å². The van der Waals surface area contributed by atoms with Gasteiger partial charge in [0.25, 0.3) is 5.91 Å². The lowest BCUT2D eigenvalue weighted by Crippen LogP contribution is -2.39. The SMILES string of the molecule is C=CCNS(=O)(=O)c1cccc(C(=O)NCC(=O)NC(C)C)c1. The number of nitrogens with one attached hydrogen (secondary N) is 3. The molecule has 0 aromatic heterocycles. The van der Waals surface area contributed by atoms with E-state index in [9.17, 15) is 18.0 Å². The molecule has 0 bridgehead atoms. The summed E-state index contributed by atoms with van der Waals surface area (Å²) in [5.41, 5.74) is 0.156. The Kier molecular flexibility index (Phi) is 6.92. The Balaban J connectivity index is 2.78. The summed E-state index contributed by atoms with van der Waals surface area (Å²) in [6, 6.07) is 5.55. The Morgan fingerprint density at radius 2 is 2.00 bits per heavy atom. The first-order valence-electron chi connectivity index (χ1n) is 7.04. The molecule has 7 nitrogen and oxygen atoms in total. The van der Waals surface area contributed by atoms with Gasteiger partial charge >= 0.3 is 0 Å². The largest absolute Gasteiger partial charge is 0.352 e. The van der Waals surface area contributed by atoms with Gasteiger partial charge in [-0.1, -0.05) is 12.1 Å². The molecule has 0 fully saturated rings. The van der Waals surface area contributed by atoms with Gasteiger partial charge in [-0.15, -0.1) is 6.58 Å². The molecule has 8 heteroatoms. The molecule has 0 aliphatic rings. The van der Waals surface area contributed by atoms with Gasteiger partial charge in [0.2, 0.25) is 15.9 Å². The average molecular weight is 339 g/mol. The molecule has 0 saturated heterocycles. The van der Waals surface area contributed by atoms with Crippen LogP contribution in [0.3, 0.4) is 0 Å². The average Bonchev–Trinajstić information content (AvgIpc) is 2.50. The maximum absolute atomic E-state index is 12.0. The number of rotatable bonds is 8. The van der Waals surface area contributed by atoms with Gasteiger partial charge in [0, 0.05) is 18.2 Å². The third kappa shape index (κ3) is 6.21. The minimum atomic E-state index is -3.71. The van der Waals surface area contributed by atoms with Crippen molar-refractivity contribution in [3.8, 4) is 0 Å². The Labute approximate surface area is 136 Å². The van der Waals surface area contributed by atoms with Gasteiger partial charge in [-0.25, -0.2) is 13.1 Å². The number of hydrogen-bond acceptors (Lipinski definition) is 4. The zero-order valence-corrected chi connectivity index (χ0v) is 13.9. The molecular formula is C15H21N3O4S. The highest BCUT2D eigenvalue weighted by Crippen LogP contribution is 2.11. The summed E-state index contributed by atoms with van der Waals surface area (Å²) in [4.78, 5) is 23.5.